The van der Waals surface area contributed by atoms with Gasteiger partial charge in [-0.3, -0.25) is 0 Å². The van der Waals surface area contributed by atoms with Crippen LogP contribution in [0.25, 0.3) is 11.6 Å². The third-order valence-electron chi connectivity index (χ3n) is 6.01. The molecular weight excluding hydrogens is 468 g/mol. The number of aliphatic hydroxyl groups is 2. The highest BCUT2D eigenvalue weighted by Crippen LogP contribution is 2.27. The fourth-order valence-electron chi connectivity index (χ4n) is 4.19. The topological polar surface area (TPSA) is 182 Å². The Morgan fingerprint density at radius 3 is 2.08 bits per heavy atom. The Labute approximate surface area is 220 Å². The van der Waals surface area contributed by atoms with Gasteiger partial charge in [-0.05, 0) is 49.2 Å². The van der Waals surface area contributed by atoms with Crippen molar-refractivity contribution in [2.24, 2.45) is 17.6 Å². The lowest BCUT2D eigenvalue weighted by Crippen LogP contribution is -2.34. The van der Waals surface area contributed by atoms with Crippen LogP contribution in [-0.2, 0) is 12.8 Å². The summed E-state index contributed by atoms with van der Waals surface area (Å²) in [6, 6.07) is 0.110. The number of hydrogen-bond donors (Lipinski definition) is 6. The summed E-state index contributed by atoms with van der Waals surface area (Å²) >= 11 is 0. The van der Waals surface area contributed by atoms with Crippen molar-refractivity contribution in [1.82, 2.24) is 25.3 Å². The number of fused-ring (bicyclic) bond motifs is 2. The molecule has 0 fully saturated rings. The highest BCUT2D eigenvalue weighted by Gasteiger charge is 2.19. The highest BCUT2D eigenvalue weighted by atomic mass is 16.3. The summed E-state index contributed by atoms with van der Waals surface area (Å²) < 4.78 is 0. The van der Waals surface area contributed by atoms with Crippen LogP contribution in [0.3, 0.4) is 0 Å². The van der Waals surface area contributed by atoms with Crippen LogP contribution in [0.5, 0.6) is 0 Å². The molecule has 2 aromatic rings. The van der Waals surface area contributed by atoms with E-state index in [1.54, 1.807) is 0 Å². The van der Waals surface area contributed by atoms with Gasteiger partial charge in [-0.2, -0.15) is 0 Å². The first-order valence-electron chi connectivity index (χ1n) is 12.9. The minimum absolute atomic E-state index is 0.0185. The number of rotatable bonds is 9. The van der Waals surface area contributed by atoms with E-state index >= 15 is 0 Å². The van der Waals surface area contributed by atoms with E-state index in [2.05, 4.69) is 59.0 Å². The first-order valence-corrected chi connectivity index (χ1v) is 12.9. The van der Waals surface area contributed by atoms with Gasteiger partial charge in [0.25, 0.3) is 0 Å². The van der Waals surface area contributed by atoms with Crippen molar-refractivity contribution < 1.29 is 10.2 Å². The number of aromatic nitrogens is 4. The molecule has 0 saturated heterocycles. The minimum atomic E-state index is -0.0185. The van der Waals surface area contributed by atoms with E-state index in [9.17, 15) is 5.11 Å². The molecule has 0 unspecified atom stereocenters. The smallest absolute Gasteiger partial charge is 0.130 e. The van der Waals surface area contributed by atoms with Gasteiger partial charge in [0.1, 0.15) is 24.3 Å². The fraction of sp³-hybridized carbons (Fsp3) is 0.556. The number of allylic oxidation sites excluding steroid dienone is 2. The first kappa shape index (κ1) is 30.3. The monoisotopic (exact) mass is 512 g/mol. The maximum atomic E-state index is 9.36. The maximum Gasteiger partial charge on any atom is 0.130 e. The molecule has 0 aliphatic heterocycles. The van der Waals surface area contributed by atoms with E-state index in [1.165, 1.54) is 12.7 Å². The molecule has 0 radical (unpaired) electrons. The van der Waals surface area contributed by atoms with E-state index < -0.39 is 0 Å². The molecule has 204 valence electrons. The van der Waals surface area contributed by atoms with Gasteiger partial charge in [-0.1, -0.05) is 39.8 Å². The number of nitrogens with one attached hydrogen (secondary N) is 1. The molecule has 9 N–H and O–H groups in total. The van der Waals surface area contributed by atoms with E-state index in [0.717, 1.165) is 53.8 Å². The van der Waals surface area contributed by atoms with Gasteiger partial charge in [0.05, 0.1) is 24.6 Å². The highest BCUT2D eigenvalue weighted by molar-refractivity contribution is 5.74. The third-order valence-corrected chi connectivity index (χ3v) is 6.01. The second kappa shape index (κ2) is 15.4. The van der Waals surface area contributed by atoms with Crippen molar-refractivity contribution in [1.29, 1.82) is 0 Å². The molecule has 0 bridgehead atoms. The summed E-state index contributed by atoms with van der Waals surface area (Å²) in [4.78, 5) is 16.2. The molecular formula is C27H44N8O2. The van der Waals surface area contributed by atoms with Gasteiger partial charge in [0, 0.05) is 29.8 Å². The minimum Gasteiger partial charge on any atom is -0.395 e. The standard InChI is InChI=1S/C14H22N4O.C7H7N3.C6H15NO/c1-9(2)5-11(7-19)16-6-10-3-4-12-13(10)17-8-18-14(12)15;8-7-5-2-1-3-6(5)9-4-10-7;1-5(2)3-6(7)4-8/h3,8-9,11,16,19H,4-7H2,1-2H3,(H2,15,17,18);1,3-4H,2H2,(H2,8,9,10);5-6,8H,3-4,7H2,1-2H3/t11-;;6-/m0.0/s1. The quantitative estimate of drug-likeness (QED) is 0.290. The normalized spacial score (nSPS) is 14.8. The maximum absolute atomic E-state index is 9.36. The fourth-order valence-corrected chi connectivity index (χ4v) is 4.19. The van der Waals surface area contributed by atoms with Crippen molar-refractivity contribution in [3.8, 4) is 0 Å². The van der Waals surface area contributed by atoms with E-state index in [-0.39, 0.29) is 25.3 Å². The van der Waals surface area contributed by atoms with Crippen LogP contribution >= 0.6 is 0 Å². The van der Waals surface area contributed by atoms with E-state index in [0.29, 0.717) is 30.0 Å². The predicted molar refractivity (Wildman–Crippen MR) is 150 cm³/mol. The van der Waals surface area contributed by atoms with Gasteiger partial charge < -0.3 is 32.7 Å². The van der Waals surface area contributed by atoms with Crippen molar-refractivity contribution >= 4 is 23.3 Å². The SMILES string of the molecule is CC(C)C[C@@H](CO)NCC1=CCc2c(N)ncnc21.CC(C)C[C@H](N)CO.Nc1ncnc2c1CC=C2. The van der Waals surface area contributed by atoms with Gasteiger partial charge in [0.2, 0.25) is 0 Å². The van der Waals surface area contributed by atoms with Crippen LogP contribution in [0.4, 0.5) is 11.6 Å². The van der Waals surface area contributed by atoms with Crippen LogP contribution in [0, 0.1) is 11.8 Å². The Balaban J connectivity index is 0.000000223. The van der Waals surface area contributed by atoms with Crippen LogP contribution in [-0.4, -0.2) is 62.0 Å². The molecule has 10 heteroatoms. The van der Waals surface area contributed by atoms with Crippen molar-refractivity contribution in [2.75, 3.05) is 31.2 Å². The summed E-state index contributed by atoms with van der Waals surface area (Å²) in [5.74, 6) is 2.33. The molecule has 2 heterocycles. The average Bonchev–Trinajstić information content (AvgIpc) is 3.51. The molecule has 37 heavy (non-hydrogen) atoms. The number of aliphatic hydroxyl groups excluding tert-OH is 2. The molecule has 2 aromatic heterocycles. The van der Waals surface area contributed by atoms with Crippen LogP contribution in [0.1, 0.15) is 63.1 Å². The predicted octanol–water partition coefficient (Wildman–Crippen LogP) is 1.98. The third kappa shape index (κ3) is 9.81. The molecule has 2 atom stereocenters. The molecule has 10 nitrogen and oxygen atoms in total. The molecule has 0 amide bonds. The lowest BCUT2D eigenvalue weighted by molar-refractivity contribution is 0.228. The summed E-state index contributed by atoms with van der Waals surface area (Å²) in [5.41, 5.74) is 22.0. The largest absolute Gasteiger partial charge is 0.395 e. The zero-order chi connectivity index (χ0) is 27.4. The Hall–Kier alpha value is -2.92. The van der Waals surface area contributed by atoms with Gasteiger partial charge in [0.15, 0.2) is 0 Å². The van der Waals surface area contributed by atoms with Crippen LogP contribution < -0.4 is 22.5 Å². The average molecular weight is 513 g/mol. The molecule has 4 rings (SSSR count). The second-order valence-corrected chi connectivity index (χ2v) is 10.2. The molecule has 2 aliphatic rings. The van der Waals surface area contributed by atoms with Crippen molar-refractivity contribution in [3.05, 3.63) is 47.3 Å². The Morgan fingerprint density at radius 1 is 0.865 bits per heavy atom. The van der Waals surface area contributed by atoms with E-state index in [4.69, 9.17) is 22.3 Å². The second-order valence-electron chi connectivity index (χ2n) is 10.2. The molecule has 0 saturated carbocycles. The Kier molecular flexibility index (Phi) is 12.6. The Morgan fingerprint density at radius 2 is 1.51 bits per heavy atom. The van der Waals surface area contributed by atoms with E-state index in [1.807, 2.05) is 12.2 Å². The van der Waals surface area contributed by atoms with Gasteiger partial charge >= 0.3 is 0 Å². The van der Waals surface area contributed by atoms with Gasteiger partial charge in [-0.15, -0.1) is 0 Å². The lowest BCUT2D eigenvalue weighted by Gasteiger charge is -2.18. The van der Waals surface area contributed by atoms with Crippen LogP contribution in [0.15, 0.2) is 24.8 Å². The number of hydrogen-bond acceptors (Lipinski definition) is 10. The zero-order valence-electron chi connectivity index (χ0n) is 22.6. The Bertz CT molecular complexity index is 1040. The number of nitrogen functional groups attached to an aromatic ring is 2. The summed E-state index contributed by atoms with van der Waals surface area (Å²) in [6.45, 7) is 9.47. The summed E-state index contributed by atoms with van der Waals surface area (Å²) in [5, 5.41) is 21.2. The molecule has 0 spiro atoms. The number of nitrogens with zero attached hydrogens (tertiary/aromatic N) is 4. The summed E-state index contributed by atoms with van der Waals surface area (Å²) in [7, 11) is 0. The molecule has 2 aliphatic carbocycles. The van der Waals surface area contributed by atoms with Crippen molar-refractivity contribution in [2.45, 2.75) is 65.5 Å². The molecule has 0 aromatic carbocycles. The van der Waals surface area contributed by atoms with Crippen molar-refractivity contribution in [3.63, 3.8) is 0 Å². The van der Waals surface area contributed by atoms with Crippen LogP contribution in [0.2, 0.25) is 0 Å². The summed E-state index contributed by atoms with van der Waals surface area (Å²) in [6.07, 6.45) is 12.7. The van der Waals surface area contributed by atoms with Gasteiger partial charge in [-0.25, -0.2) is 19.9 Å². The zero-order valence-corrected chi connectivity index (χ0v) is 22.6. The first-order chi connectivity index (χ1) is 17.7. The number of nitrogens with two attached hydrogens (primary N) is 3. The lowest BCUT2D eigenvalue weighted by atomic mass is 10.0. The number of anilines is 2.